The van der Waals surface area contributed by atoms with Gasteiger partial charge >= 0.3 is 0 Å². The highest BCUT2D eigenvalue weighted by Crippen LogP contribution is 2.20. The number of hydrogen-bond donors (Lipinski definition) is 1. The molecule has 0 spiro atoms. The minimum atomic E-state index is -0.272. The molecule has 2 rings (SSSR count). The third-order valence-corrected chi connectivity index (χ3v) is 4.40. The van der Waals surface area contributed by atoms with Gasteiger partial charge in [-0.15, -0.1) is 0 Å². The summed E-state index contributed by atoms with van der Waals surface area (Å²) in [5.41, 5.74) is 2.51. The molecular weight excluding hydrogens is 336 g/mol. The number of halogens is 1. The molecule has 0 aliphatic carbocycles. The molecule has 25 heavy (non-hydrogen) atoms. The maximum absolute atomic E-state index is 12.4. The second kappa shape index (κ2) is 8.67. The molecule has 2 aromatic carbocycles. The largest absolute Gasteiger partial charge is 0.342 e. The Labute approximate surface area is 153 Å². The monoisotopic (exact) mass is 358 g/mol. The van der Waals surface area contributed by atoms with E-state index >= 15 is 0 Å². The Hall–Kier alpha value is -2.33. The molecule has 0 fully saturated rings. The summed E-state index contributed by atoms with van der Waals surface area (Å²) in [5.74, 6) is -0.354. The molecule has 0 heterocycles. The second-order valence-corrected chi connectivity index (χ2v) is 6.49. The highest BCUT2D eigenvalue weighted by molar-refractivity contribution is 6.31. The fourth-order valence-electron chi connectivity index (χ4n) is 2.38. The molecule has 0 aliphatic heterocycles. The quantitative estimate of drug-likeness (QED) is 0.808. The summed E-state index contributed by atoms with van der Waals surface area (Å²) in [6, 6.07) is 12.1. The Kier molecular flexibility index (Phi) is 6.59. The predicted octanol–water partition coefficient (Wildman–Crippen LogP) is 4.77. The van der Waals surface area contributed by atoms with Crippen molar-refractivity contribution in [2.75, 3.05) is 18.9 Å². The highest BCUT2D eigenvalue weighted by atomic mass is 35.5. The zero-order valence-electron chi connectivity index (χ0n) is 14.8. The van der Waals surface area contributed by atoms with Gasteiger partial charge in [-0.3, -0.25) is 9.59 Å². The number of nitrogens with zero attached hydrogens (tertiary/aromatic N) is 1. The molecule has 2 aromatic rings. The van der Waals surface area contributed by atoms with Crippen molar-refractivity contribution >= 4 is 29.1 Å². The maximum Gasteiger partial charge on any atom is 0.255 e. The zero-order chi connectivity index (χ0) is 18.4. The minimum absolute atomic E-state index is 0.0820. The number of nitrogens with one attached hydrogen (secondary N) is 1. The van der Waals surface area contributed by atoms with Crippen LogP contribution < -0.4 is 5.32 Å². The molecule has 0 saturated carbocycles. The molecule has 0 aromatic heterocycles. The molecule has 1 N–H and O–H groups in total. The Morgan fingerprint density at radius 1 is 1.12 bits per heavy atom. The number of benzene rings is 2. The molecule has 0 radical (unpaired) electrons. The van der Waals surface area contributed by atoms with Crippen LogP contribution in [-0.4, -0.2) is 30.3 Å². The van der Waals surface area contributed by atoms with Gasteiger partial charge in [-0.25, -0.2) is 0 Å². The van der Waals surface area contributed by atoms with E-state index in [1.54, 1.807) is 48.3 Å². The van der Waals surface area contributed by atoms with Crippen LogP contribution in [0.3, 0.4) is 0 Å². The van der Waals surface area contributed by atoms with Gasteiger partial charge in [0, 0.05) is 35.4 Å². The number of unbranched alkanes of at least 4 members (excludes halogenated alkanes) is 1. The molecule has 4 nitrogen and oxygen atoms in total. The smallest absolute Gasteiger partial charge is 0.255 e. The van der Waals surface area contributed by atoms with Crippen molar-refractivity contribution in [3.63, 3.8) is 0 Å². The van der Waals surface area contributed by atoms with Crippen molar-refractivity contribution in [1.29, 1.82) is 0 Å². The van der Waals surface area contributed by atoms with Gasteiger partial charge in [0.1, 0.15) is 0 Å². The molecule has 5 heteroatoms. The standard InChI is InChI=1S/C20H23ClN2O2/c1-4-5-11-23(3)20(25)16-8-6-7-15(12-16)19(24)22-17-10-9-14(2)18(21)13-17/h6-10,12-13H,4-5,11H2,1-3H3,(H,22,24). The molecule has 0 atom stereocenters. The van der Waals surface area contributed by atoms with E-state index in [0.717, 1.165) is 18.4 Å². The Morgan fingerprint density at radius 3 is 2.52 bits per heavy atom. The summed E-state index contributed by atoms with van der Waals surface area (Å²) in [6.07, 6.45) is 1.98. The van der Waals surface area contributed by atoms with E-state index < -0.39 is 0 Å². The third kappa shape index (κ3) is 5.07. The SMILES string of the molecule is CCCCN(C)C(=O)c1cccc(C(=O)Nc2ccc(C)c(Cl)c2)c1. The van der Waals surface area contributed by atoms with Crippen LogP contribution >= 0.6 is 11.6 Å². The lowest BCUT2D eigenvalue weighted by Crippen LogP contribution is -2.28. The minimum Gasteiger partial charge on any atom is -0.342 e. The van der Waals surface area contributed by atoms with Gasteiger partial charge in [0.05, 0.1) is 0 Å². The molecule has 0 unspecified atom stereocenters. The molecule has 0 bridgehead atoms. The first-order chi connectivity index (χ1) is 11.9. The third-order valence-electron chi connectivity index (χ3n) is 4.00. The van der Waals surface area contributed by atoms with E-state index in [0.29, 0.717) is 28.4 Å². The summed E-state index contributed by atoms with van der Waals surface area (Å²) >= 11 is 6.09. The second-order valence-electron chi connectivity index (χ2n) is 6.08. The van der Waals surface area contributed by atoms with Crippen LogP contribution in [0, 0.1) is 6.92 Å². The Morgan fingerprint density at radius 2 is 1.84 bits per heavy atom. The molecular formula is C20H23ClN2O2. The van der Waals surface area contributed by atoms with Crippen LogP contribution in [0.5, 0.6) is 0 Å². The first kappa shape index (κ1) is 19.0. The molecule has 2 amide bonds. The van der Waals surface area contributed by atoms with Gasteiger partial charge in [-0.1, -0.05) is 37.1 Å². The van der Waals surface area contributed by atoms with E-state index in [9.17, 15) is 9.59 Å². The van der Waals surface area contributed by atoms with Gasteiger partial charge in [0.15, 0.2) is 0 Å². The summed E-state index contributed by atoms with van der Waals surface area (Å²) in [7, 11) is 1.78. The van der Waals surface area contributed by atoms with Crippen molar-refractivity contribution in [1.82, 2.24) is 4.90 Å². The van der Waals surface area contributed by atoms with Gasteiger partial charge in [0.2, 0.25) is 0 Å². The van der Waals surface area contributed by atoms with Crippen LogP contribution in [0.15, 0.2) is 42.5 Å². The lowest BCUT2D eigenvalue weighted by molar-refractivity contribution is 0.0793. The first-order valence-corrected chi connectivity index (χ1v) is 8.73. The van der Waals surface area contributed by atoms with E-state index in [2.05, 4.69) is 12.2 Å². The van der Waals surface area contributed by atoms with E-state index in [1.807, 2.05) is 13.0 Å². The molecule has 0 saturated heterocycles. The average molecular weight is 359 g/mol. The Balaban J connectivity index is 2.13. The number of amides is 2. The fraction of sp³-hybridized carbons (Fsp3) is 0.300. The van der Waals surface area contributed by atoms with Crippen LogP contribution in [0.25, 0.3) is 0 Å². The van der Waals surface area contributed by atoms with Crippen LogP contribution in [0.1, 0.15) is 46.0 Å². The number of aryl methyl sites for hydroxylation is 1. The van der Waals surface area contributed by atoms with Crippen molar-refractivity contribution in [2.45, 2.75) is 26.7 Å². The van der Waals surface area contributed by atoms with Crippen molar-refractivity contribution in [3.05, 3.63) is 64.2 Å². The maximum atomic E-state index is 12.4. The topological polar surface area (TPSA) is 49.4 Å². The van der Waals surface area contributed by atoms with E-state index in [1.165, 1.54) is 0 Å². The van der Waals surface area contributed by atoms with Crippen molar-refractivity contribution in [3.8, 4) is 0 Å². The number of carbonyl (C=O) groups excluding carboxylic acids is 2. The van der Waals surface area contributed by atoms with Gasteiger partial charge in [0.25, 0.3) is 11.8 Å². The normalized spacial score (nSPS) is 10.4. The zero-order valence-corrected chi connectivity index (χ0v) is 15.6. The van der Waals surface area contributed by atoms with Crippen LogP contribution in [0.2, 0.25) is 5.02 Å². The highest BCUT2D eigenvalue weighted by Gasteiger charge is 2.14. The summed E-state index contributed by atoms with van der Waals surface area (Å²) in [4.78, 5) is 26.6. The summed E-state index contributed by atoms with van der Waals surface area (Å²) in [6.45, 7) is 4.69. The lowest BCUT2D eigenvalue weighted by atomic mass is 10.1. The van der Waals surface area contributed by atoms with Gasteiger partial charge < -0.3 is 10.2 Å². The number of carbonyl (C=O) groups is 2. The van der Waals surface area contributed by atoms with E-state index in [4.69, 9.17) is 11.6 Å². The molecule has 132 valence electrons. The summed E-state index contributed by atoms with van der Waals surface area (Å²) in [5, 5.41) is 3.40. The Bertz CT molecular complexity index is 774. The number of anilines is 1. The van der Waals surface area contributed by atoms with Crippen molar-refractivity contribution < 1.29 is 9.59 Å². The number of hydrogen-bond acceptors (Lipinski definition) is 2. The van der Waals surface area contributed by atoms with Crippen LogP contribution in [-0.2, 0) is 0 Å². The molecule has 0 aliphatic rings. The number of rotatable bonds is 6. The van der Waals surface area contributed by atoms with Crippen molar-refractivity contribution in [2.24, 2.45) is 0 Å². The predicted molar refractivity (Wildman–Crippen MR) is 102 cm³/mol. The van der Waals surface area contributed by atoms with Gasteiger partial charge in [-0.05, 0) is 49.2 Å². The lowest BCUT2D eigenvalue weighted by Gasteiger charge is -2.17. The van der Waals surface area contributed by atoms with Gasteiger partial charge in [-0.2, -0.15) is 0 Å². The van der Waals surface area contributed by atoms with E-state index in [-0.39, 0.29) is 11.8 Å². The summed E-state index contributed by atoms with van der Waals surface area (Å²) < 4.78 is 0. The first-order valence-electron chi connectivity index (χ1n) is 8.35. The van der Waals surface area contributed by atoms with Crippen LogP contribution in [0.4, 0.5) is 5.69 Å². The average Bonchev–Trinajstić information content (AvgIpc) is 2.62. The fourth-order valence-corrected chi connectivity index (χ4v) is 2.57.